The first-order chi connectivity index (χ1) is 7.54. The van der Waals surface area contributed by atoms with Gasteiger partial charge in [-0.1, -0.05) is 6.92 Å². The van der Waals surface area contributed by atoms with Crippen molar-refractivity contribution in [1.82, 2.24) is 5.32 Å². The average Bonchev–Trinajstić information content (AvgIpc) is 2.21. The summed E-state index contributed by atoms with van der Waals surface area (Å²) in [6, 6.07) is 0. The summed E-state index contributed by atoms with van der Waals surface area (Å²) < 4.78 is 27.9. The van der Waals surface area contributed by atoms with Crippen LogP contribution in [0.3, 0.4) is 0 Å². The second-order valence-corrected chi connectivity index (χ2v) is 6.98. The fraction of sp³-hybridized carbons (Fsp3) is 1.00. The van der Waals surface area contributed by atoms with Gasteiger partial charge in [0.1, 0.15) is 9.84 Å². The van der Waals surface area contributed by atoms with Gasteiger partial charge in [-0.25, -0.2) is 8.42 Å². The van der Waals surface area contributed by atoms with Crippen LogP contribution in [0.15, 0.2) is 0 Å². The van der Waals surface area contributed by atoms with Crippen LogP contribution in [0.1, 0.15) is 32.6 Å². The van der Waals surface area contributed by atoms with Gasteiger partial charge in [0.2, 0.25) is 0 Å². The second-order valence-electron chi connectivity index (χ2n) is 4.51. The Morgan fingerprint density at radius 2 is 2.06 bits per heavy atom. The molecule has 0 aromatic rings. The summed E-state index contributed by atoms with van der Waals surface area (Å²) in [5.74, 6) is 0.533. The molecule has 1 aliphatic carbocycles. The van der Waals surface area contributed by atoms with Gasteiger partial charge in [-0.3, -0.25) is 0 Å². The fourth-order valence-corrected chi connectivity index (χ4v) is 2.77. The van der Waals surface area contributed by atoms with Gasteiger partial charge >= 0.3 is 0 Å². The molecular formula is C11H23NO3S. The van der Waals surface area contributed by atoms with Gasteiger partial charge < -0.3 is 10.1 Å². The Labute approximate surface area is 98.7 Å². The third-order valence-corrected chi connectivity index (χ3v) is 5.18. The minimum atomic E-state index is -2.80. The van der Waals surface area contributed by atoms with E-state index in [4.69, 9.17) is 4.74 Å². The third-order valence-electron chi connectivity index (χ3n) is 3.39. The first kappa shape index (κ1) is 13.9. The molecule has 0 bridgehead atoms. The van der Waals surface area contributed by atoms with E-state index in [1.807, 2.05) is 0 Å². The monoisotopic (exact) mass is 249 g/mol. The van der Waals surface area contributed by atoms with E-state index in [0.29, 0.717) is 6.42 Å². The van der Waals surface area contributed by atoms with Crippen molar-refractivity contribution in [2.75, 3.05) is 31.7 Å². The SMILES string of the molecule is CCS(=O)(=O)CCCNCC1(OC)CCC1. The molecule has 0 atom stereocenters. The summed E-state index contributed by atoms with van der Waals surface area (Å²) in [5.41, 5.74) is 0.0314. The highest BCUT2D eigenvalue weighted by molar-refractivity contribution is 7.91. The Morgan fingerprint density at radius 1 is 1.38 bits per heavy atom. The summed E-state index contributed by atoms with van der Waals surface area (Å²) in [6.07, 6.45) is 4.16. The molecular weight excluding hydrogens is 226 g/mol. The average molecular weight is 249 g/mol. The summed E-state index contributed by atoms with van der Waals surface area (Å²) >= 11 is 0. The number of nitrogens with one attached hydrogen (secondary N) is 1. The quantitative estimate of drug-likeness (QED) is 0.651. The van der Waals surface area contributed by atoms with Gasteiger partial charge in [0.05, 0.1) is 11.4 Å². The molecule has 4 nitrogen and oxygen atoms in total. The number of ether oxygens (including phenoxy) is 1. The largest absolute Gasteiger partial charge is 0.377 e. The van der Waals surface area contributed by atoms with E-state index in [9.17, 15) is 8.42 Å². The minimum Gasteiger partial charge on any atom is -0.377 e. The number of hydrogen-bond acceptors (Lipinski definition) is 4. The lowest BCUT2D eigenvalue weighted by Gasteiger charge is -2.40. The Bertz CT molecular complexity index is 291. The van der Waals surface area contributed by atoms with E-state index in [-0.39, 0.29) is 17.1 Å². The van der Waals surface area contributed by atoms with E-state index in [2.05, 4.69) is 5.32 Å². The van der Waals surface area contributed by atoms with Gasteiger partial charge in [0.15, 0.2) is 0 Å². The molecule has 0 unspecified atom stereocenters. The van der Waals surface area contributed by atoms with E-state index in [0.717, 1.165) is 25.9 Å². The lowest BCUT2D eigenvalue weighted by Crippen LogP contribution is -2.48. The number of rotatable bonds is 8. The number of sulfone groups is 1. The smallest absolute Gasteiger partial charge is 0.150 e. The molecule has 0 heterocycles. The normalized spacial score (nSPS) is 19.4. The van der Waals surface area contributed by atoms with Crippen molar-refractivity contribution in [2.24, 2.45) is 0 Å². The summed E-state index contributed by atoms with van der Waals surface area (Å²) in [4.78, 5) is 0. The van der Waals surface area contributed by atoms with Gasteiger partial charge in [-0.15, -0.1) is 0 Å². The van der Waals surface area contributed by atoms with Gasteiger partial charge in [0, 0.05) is 19.4 Å². The van der Waals surface area contributed by atoms with Gasteiger partial charge in [-0.05, 0) is 32.2 Å². The van der Waals surface area contributed by atoms with Crippen LogP contribution in [-0.2, 0) is 14.6 Å². The predicted molar refractivity (Wildman–Crippen MR) is 65.4 cm³/mol. The first-order valence-corrected chi connectivity index (χ1v) is 7.82. The molecule has 0 amide bonds. The van der Waals surface area contributed by atoms with E-state index < -0.39 is 9.84 Å². The van der Waals surface area contributed by atoms with Crippen LogP contribution >= 0.6 is 0 Å². The van der Waals surface area contributed by atoms with Crippen LogP contribution in [0.2, 0.25) is 0 Å². The highest BCUT2D eigenvalue weighted by Crippen LogP contribution is 2.34. The highest BCUT2D eigenvalue weighted by Gasteiger charge is 2.36. The molecule has 5 heteroatoms. The Kier molecular flexibility index (Phi) is 5.21. The molecule has 96 valence electrons. The van der Waals surface area contributed by atoms with Crippen LogP contribution in [0, 0.1) is 0 Å². The van der Waals surface area contributed by atoms with Crippen LogP contribution in [0.4, 0.5) is 0 Å². The maximum atomic E-state index is 11.2. The lowest BCUT2D eigenvalue weighted by molar-refractivity contribution is -0.0691. The minimum absolute atomic E-state index is 0.0314. The summed E-state index contributed by atoms with van der Waals surface area (Å²) in [5, 5.41) is 3.29. The summed E-state index contributed by atoms with van der Waals surface area (Å²) in [6.45, 7) is 3.29. The Hall–Kier alpha value is -0.130. The number of methoxy groups -OCH3 is 1. The maximum Gasteiger partial charge on any atom is 0.150 e. The second kappa shape index (κ2) is 5.98. The maximum absolute atomic E-state index is 11.2. The molecule has 0 aromatic heterocycles. The molecule has 1 saturated carbocycles. The molecule has 0 spiro atoms. The van der Waals surface area contributed by atoms with Crippen molar-refractivity contribution in [3.8, 4) is 0 Å². The fourth-order valence-electron chi connectivity index (χ4n) is 1.90. The van der Waals surface area contributed by atoms with Crippen molar-refractivity contribution < 1.29 is 13.2 Å². The predicted octanol–water partition coefficient (Wildman–Crippen LogP) is 0.970. The zero-order valence-electron chi connectivity index (χ0n) is 10.3. The topological polar surface area (TPSA) is 55.4 Å². The molecule has 0 radical (unpaired) electrons. The van der Waals surface area contributed by atoms with Crippen molar-refractivity contribution >= 4 is 9.84 Å². The number of hydrogen-bond donors (Lipinski definition) is 1. The van der Waals surface area contributed by atoms with Gasteiger partial charge in [-0.2, -0.15) is 0 Å². The summed E-state index contributed by atoms with van der Waals surface area (Å²) in [7, 11) is -1.05. The van der Waals surface area contributed by atoms with Crippen LogP contribution in [0.5, 0.6) is 0 Å². The first-order valence-electron chi connectivity index (χ1n) is 6.00. The Morgan fingerprint density at radius 3 is 2.50 bits per heavy atom. The molecule has 1 aliphatic rings. The molecule has 16 heavy (non-hydrogen) atoms. The standard InChI is InChI=1S/C11H23NO3S/c1-3-16(13,14)9-5-8-12-10-11(15-2)6-4-7-11/h12H,3-10H2,1-2H3. The third kappa shape index (κ3) is 4.03. The van der Waals surface area contributed by atoms with Crippen LogP contribution < -0.4 is 5.32 Å². The van der Waals surface area contributed by atoms with Crippen molar-refractivity contribution in [3.05, 3.63) is 0 Å². The van der Waals surface area contributed by atoms with E-state index in [1.165, 1.54) is 6.42 Å². The lowest BCUT2D eigenvalue weighted by atomic mass is 9.80. The molecule has 1 rings (SSSR count). The Balaban J connectivity index is 2.08. The zero-order chi connectivity index (χ0) is 12.1. The van der Waals surface area contributed by atoms with Gasteiger partial charge in [0.25, 0.3) is 0 Å². The van der Waals surface area contributed by atoms with Crippen LogP contribution in [0.25, 0.3) is 0 Å². The van der Waals surface area contributed by atoms with Crippen molar-refractivity contribution in [1.29, 1.82) is 0 Å². The molecule has 0 aliphatic heterocycles. The molecule has 1 N–H and O–H groups in total. The molecule has 0 aromatic carbocycles. The highest BCUT2D eigenvalue weighted by atomic mass is 32.2. The zero-order valence-corrected chi connectivity index (χ0v) is 11.1. The van der Waals surface area contributed by atoms with E-state index in [1.54, 1.807) is 14.0 Å². The van der Waals surface area contributed by atoms with Crippen molar-refractivity contribution in [2.45, 2.75) is 38.2 Å². The molecule has 0 saturated heterocycles. The van der Waals surface area contributed by atoms with E-state index >= 15 is 0 Å². The molecule has 1 fully saturated rings. The van der Waals surface area contributed by atoms with Crippen molar-refractivity contribution in [3.63, 3.8) is 0 Å². The van der Waals surface area contributed by atoms with Crippen LogP contribution in [-0.4, -0.2) is 45.7 Å².